The van der Waals surface area contributed by atoms with Crippen molar-refractivity contribution in [2.75, 3.05) is 7.11 Å². The second-order valence-electron chi connectivity index (χ2n) is 2.08. The summed E-state index contributed by atoms with van der Waals surface area (Å²) >= 11 is 0. The van der Waals surface area contributed by atoms with E-state index in [1.54, 1.807) is 31.4 Å². The van der Waals surface area contributed by atoms with Crippen molar-refractivity contribution in [3.63, 3.8) is 0 Å². The lowest BCUT2D eigenvalue weighted by atomic mass is 10.2. The Morgan fingerprint density at radius 2 is 1.91 bits per heavy atom. The Labute approximate surface area is 65.1 Å². The number of hydrogen-bond acceptors (Lipinski definition) is 1. The van der Waals surface area contributed by atoms with E-state index in [-0.39, 0.29) is 0 Å². The van der Waals surface area contributed by atoms with Gasteiger partial charge in [0.2, 0.25) is 0 Å². The Bertz CT molecular complexity index is 251. The van der Waals surface area contributed by atoms with Crippen molar-refractivity contribution in [2.24, 2.45) is 0 Å². The maximum atomic E-state index is 12.3. The molecule has 0 aliphatic heterocycles. The molecule has 57 valence electrons. The van der Waals surface area contributed by atoms with E-state index in [0.29, 0.717) is 11.3 Å². The number of methoxy groups -OCH3 is 1. The van der Waals surface area contributed by atoms with E-state index >= 15 is 0 Å². The minimum Gasteiger partial charge on any atom is -0.497 e. The molecule has 1 radical (unpaired) electrons. The summed E-state index contributed by atoms with van der Waals surface area (Å²) in [5, 5.41) is 0. The van der Waals surface area contributed by atoms with Crippen molar-refractivity contribution in [2.45, 2.75) is 0 Å². The Kier molecular flexibility index (Phi) is 2.26. The van der Waals surface area contributed by atoms with Crippen molar-refractivity contribution in [1.29, 1.82) is 0 Å². The monoisotopic (exact) mass is 151 g/mol. The van der Waals surface area contributed by atoms with E-state index in [1.807, 2.05) is 0 Å². The smallest absolute Gasteiger partial charge is 0.130 e. The average molecular weight is 151 g/mol. The summed E-state index contributed by atoms with van der Waals surface area (Å²) in [6.07, 6.45) is 0. The zero-order valence-corrected chi connectivity index (χ0v) is 6.17. The molecule has 11 heavy (non-hydrogen) atoms. The van der Waals surface area contributed by atoms with E-state index in [4.69, 9.17) is 11.3 Å². The van der Waals surface area contributed by atoms with Crippen LogP contribution in [-0.2, 0) is 0 Å². The predicted molar refractivity (Wildman–Crippen MR) is 41.8 cm³/mol. The van der Waals surface area contributed by atoms with Crippen molar-refractivity contribution >= 4 is 5.83 Å². The molecule has 0 spiro atoms. The van der Waals surface area contributed by atoms with Gasteiger partial charge in [0.15, 0.2) is 0 Å². The first-order valence-electron chi connectivity index (χ1n) is 3.16. The van der Waals surface area contributed by atoms with Crippen LogP contribution in [0.1, 0.15) is 5.56 Å². The molecule has 1 nitrogen and oxygen atoms in total. The van der Waals surface area contributed by atoms with Crippen LogP contribution in [0.3, 0.4) is 0 Å². The van der Waals surface area contributed by atoms with E-state index in [9.17, 15) is 4.39 Å². The molecule has 0 bridgehead atoms. The first kappa shape index (κ1) is 7.79. The van der Waals surface area contributed by atoms with Gasteiger partial charge in [-0.1, -0.05) is 0 Å². The van der Waals surface area contributed by atoms with Crippen molar-refractivity contribution in [1.82, 2.24) is 0 Å². The summed E-state index contributed by atoms with van der Waals surface area (Å²) in [7, 11) is 1.55. The topological polar surface area (TPSA) is 9.23 Å². The van der Waals surface area contributed by atoms with Crippen molar-refractivity contribution < 1.29 is 9.13 Å². The Balaban J connectivity index is 2.91. The molecule has 0 heterocycles. The Hall–Kier alpha value is -1.31. The molecular formula is C9H8FO. The standard InChI is InChI=1S/C9H8FO/c1-7(10)8-3-5-9(11-2)6-4-8/h1,3-6H,2H3. The maximum absolute atomic E-state index is 12.3. The number of halogens is 1. The molecule has 0 amide bonds. The summed E-state index contributed by atoms with van der Waals surface area (Å²) < 4.78 is 17.2. The third kappa shape index (κ3) is 1.80. The van der Waals surface area contributed by atoms with Gasteiger partial charge in [0.1, 0.15) is 11.6 Å². The molecule has 1 aromatic carbocycles. The van der Waals surface area contributed by atoms with Crippen LogP contribution in [0.4, 0.5) is 4.39 Å². The number of hydrogen-bond donors (Lipinski definition) is 0. The molecule has 0 saturated carbocycles. The van der Waals surface area contributed by atoms with Gasteiger partial charge in [0.25, 0.3) is 0 Å². The van der Waals surface area contributed by atoms with Gasteiger partial charge in [-0.3, -0.25) is 0 Å². The zero-order chi connectivity index (χ0) is 8.27. The van der Waals surface area contributed by atoms with Crippen LogP contribution in [0.25, 0.3) is 5.83 Å². The SMILES string of the molecule is [CH]=C(F)c1ccc(OC)cc1. The fraction of sp³-hybridized carbons (Fsp3) is 0.111. The highest BCUT2D eigenvalue weighted by molar-refractivity contribution is 5.55. The third-order valence-electron chi connectivity index (χ3n) is 1.37. The average Bonchev–Trinajstić information content (AvgIpc) is 2.05. The summed E-state index contributed by atoms with van der Waals surface area (Å²) in [6.45, 7) is 4.91. The molecule has 0 saturated heterocycles. The first-order valence-corrected chi connectivity index (χ1v) is 3.16. The van der Waals surface area contributed by atoms with Crippen molar-refractivity contribution in [3.05, 3.63) is 36.4 Å². The molecule has 0 aromatic heterocycles. The van der Waals surface area contributed by atoms with E-state index in [0.717, 1.165) is 0 Å². The lowest BCUT2D eigenvalue weighted by Gasteiger charge is -1.99. The third-order valence-corrected chi connectivity index (χ3v) is 1.37. The van der Waals surface area contributed by atoms with Gasteiger partial charge in [-0.15, -0.1) is 0 Å². The van der Waals surface area contributed by atoms with Crippen LogP contribution in [0.15, 0.2) is 24.3 Å². The fourth-order valence-corrected chi connectivity index (χ4v) is 0.750. The molecular weight excluding hydrogens is 143 g/mol. The lowest BCUT2D eigenvalue weighted by molar-refractivity contribution is 0.414. The van der Waals surface area contributed by atoms with Gasteiger partial charge in [-0.05, 0) is 30.8 Å². The molecule has 0 N–H and O–H groups in total. The fourth-order valence-electron chi connectivity index (χ4n) is 0.750. The molecule has 2 heteroatoms. The molecule has 0 aliphatic carbocycles. The lowest BCUT2D eigenvalue weighted by Crippen LogP contribution is -1.82. The summed E-state index contributed by atoms with van der Waals surface area (Å²) in [6, 6.07) is 6.44. The van der Waals surface area contributed by atoms with Crippen LogP contribution in [0.2, 0.25) is 0 Å². The van der Waals surface area contributed by atoms with Crippen LogP contribution in [0, 0.1) is 6.58 Å². The minimum atomic E-state index is -0.673. The highest BCUT2D eigenvalue weighted by Crippen LogP contribution is 2.17. The van der Waals surface area contributed by atoms with Gasteiger partial charge in [0, 0.05) is 5.56 Å². The number of ether oxygens (including phenoxy) is 1. The Morgan fingerprint density at radius 3 is 2.27 bits per heavy atom. The van der Waals surface area contributed by atoms with Crippen LogP contribution in [0.5, 0.6) is 5.75 Å². The van der Waals surface area contributed by atoms with Crippen LogP contribution < -0.4 is 4.74 Å². The number of rotatable bonds is 2. The second-order valence-corrected chi connectivity index (χ2v) is 2.08. The summed E-state index contributed by atoms with van der Waals surface area (Å²) in [5.74, 6) is 0.0163. The van der Waals surface area contributed by atoms with E-state index < -0.39 is 5.83 Å². The highest BCUT2D eigenvalue weighted by atomic mass is 19.1. The predicted octanol–water partition coefficient (Wildman–Crippen LogP) is 2.44. The Morgan fingerprint density at radius 1 is 1.36 bits per heavy atom. The van der Waals surface area contributed by atoms with Gasteiger partial charge < -0.3 is 4.74 Å². The molecule has 1 rings (SSSR count). The molecule has 0 atom stereocenters. The van der Waals surface area contributed by atoms with Crippen LogP contribution >= 0.6 is 0 Å². The minimum absolute atomic E-state index is 0.380. The van der Waals surface area contributed by atoms with Gasteiger partial charge in [-0.2, -0.15) is 0 Å². The second kappa shape index (κ2) is 3.19. The van der Waals surface area contributed by atoms with Gasteiger partial charge >= 0.3 is 0 Å². The highest BCUT2D eigenvalue weighted by Gasteiger charge is 1.96. The summed E-state index contributed by atoms with van der Waals surface area (Å²) in [5.41, 5.74) is 0.380. The molecule has 0 fully saturated rings. The maximum Gasteiger partial charge on any atom is 0.130 e. The molecule has 0 aliphatic rings. The number of benzene rings is 1. The van der Waals surface area contributed by atoms with Crippen molar-refractivity contribution in [3.8, 4) is 5.75 Å². The first-order chi connectivity index (χ1) is 5.24. The normalized spacial score (nSPS) is 9.27. The molecule has 0 unspecified atom stereocenters. The van der Waals surface area contributed by atoms with Gasteiger partial charge in [0.05, 0.1) is 7.11 Å². The zero-order valence-electron chi connectivity index (χ0n) is 6.17. The van der Waals surface area contributed by atoms with Gasteiger partial charge in [-0.25, -0.2) is 4.39 Å². The summed E-state index contributed by atoms with van der Waals surface area (Å²) in [4.78, 5) is 0. The quantitative estimate of drug-likeness (QED) is 0.630. The molecule has 1 aromatic rings. The van der Waals surface area contributed by atoms with E-state index in [2.05, 4.69) is 0 Å². The van der Waals surface area contributed by atoms with E-state index in [1.165, 1.54) is 0 Å². The van der Waals surface area contributed by atoms with Crippen LogP contribution in [-0.4, -0.2) is 7.11 Å². The largest absolute Gasteiger partial charge is 0.497 e.